The highest BCUT2D eigenvalue weighted by Gasteiger charge is 2.14. The molecule has 0 fully saturated rings. The summed E-state index contributed by atoms with van der Waals surface area (Å²) in [5.74, 6) is 0.845. The van der Waals surface area contributed by atoms with Crippen molar-refractivity contribution in [1.29, 1.82) is 0 Å². The molecule has 3 aromatic rings. The molecule has 0 saturated carbocycles. The van der Waals surface area contributed by atoms with Gasteiger partial charge in [-0.1, -0.05) is 61.5 Å². The van der Waals surface area contributed by atoms with E-state index >= 15 is 0 Å². The summed E-state index contributed by atoms with van der Waals surface area (Å²) in [7, 11) is -0.562. The summed E-state index contributed by atoms with van der Waals surface area (Å²) in [5, 5.41) is 0. The number of allylic oxidation sites excluding steroid dienone is 1. The molecule has 7 heteroatoms. The quantitative estimate of drug-likeness (QED) is 0.327. The van der Waals surface area contributed by atoms with Gasteiger partial charge in [0, 0.05) is 6.54 Å². The van der Waals surface area contributed by atoms with E-state index in [0.717, 1.165) is 46.6 Å². The average molecular weight is 468 g/mol. The number of rotatable bonds is 10. The first-order chi connectivity index (χ1) is 15.8. The molecule has 3 aromatic carbocycles. The van der Waals surface area contributed by atoms with Gasteiger partial charge in [0.2, 0.25) is 0 Å². The number of likely N-dealkylation sites (N-methyl/N-ethyl adjacent to an activating group) is 1. The van der Waals surface area contributed by atoms with E-state index in [0.29, 0.717) is 6.61 Å². The summed E-state index contributed by atoms with van der Waals surface area (Å²) in [6, 6.07) is 24.8. The largest absolute Gasteiger partial charge is 0.492 e. The van der Waals surface area contributed by atoms with Crippen LogP contribution < -0.4 is 8.92 Å². The van der Waals surface area contributed by atoms with Crippen molar-refractivity contribution >= 4 is 21.5 Å². The third-order valence-corrected chi connectivity index (χ3v) is 5.48. The molecule has 0 spiro atoms. The van der Waals surface area contributed by atoms with Crippen LogP contribution in [0.2, 0.25) is 0 Å². The minimum absolute atomic E-state index is 0.0444. The van der Waals surface area contributed by atoms with E-state index in [9.17, 15) is 8.42 Å². The molecule has 1 N–H and O–H groups in total. The molecule has 0 aromatic heterocycles. The zero-order valence-electron chi connectivity index (χ0n) is 19.1. The smallest absolute Gasteiger partial charge is 0.446 e. The van der Waals surface area contributed by atoms with Gasteiger partial charge < -0.3 is 13.8 Å². The molecule has 33 heavy (non-hydrogen) atoms. The summed E-state index contributed by atoms with van der Waals surface area (Å²) in [5.41, 5.74) is 5.21. The van der Waals surface area contributed by atoms with Gasteiger partial charge in [0.15, 0.2) is 0 Å². The molecule has 3 rings (SSSR count). The van der Waals surface area contributed by atoms with Crippen LogP contribution in [0.1, 0.15) is 30.0 Å². The molecule has 0 heterocycles. The molecule has 0 saturated heterocycles. The Morgan fingerprint density at radius 2 is 1.36 bits per heavy atom. The van der Waals surface area contributed by atoms with Crippen molar-refractivity contribution in [2.45, 2.75) is 13.3 Å². The molecule has 174 valence electrons. The molecular formula is C26H29NO5S. The first-order valence-electron chi connectivity index (χ1n) is 10.7. The fourth-order valence-corrected chi connectivity index (χ4v) is 3.90. The van der Waals surface area contributed by atoms with Gasteiger partial charge in [0.05, 0.1) is 0 Å². The molecule has 0 amide bonds. The van der Waals surface area contributed by atoms with Crippen LogP contribution in [0.25, 0.3) is 11.1 Å². The first kappa shape index (κ1) is 24.5. The zero-order valence-corrected chi connectivity index (χ0v) is 19.9. The zero-order chi connectivity index (χ0) is 23.8. The molecule has 0 atom stereocenters. The molecule has 0 aliphatic rings. The Balaban J connectivity index is 2.02. The maximum absolute atomic E-state index is 11.0. The van der Waals surface area contributed by atoms with Gasteiger partial charge in [0.25, 0.3) is 0 Å². The van der Waals surface area contributed by atoms with E-state index in [1.807, 2.05) is 56.6 Å². The van der Waals surface area contributed by atoms with Crippen molar-refractivity contribution in [3.05, 3.63) is 95.6 Å². The molecule has 0 unspecified atom stereocenters. The van der Waals surface area contributed by atoms with Gasteiger partial charge in [-0.05, 0) is 72.6 Å². The maximum Gasteiger partial charge on any atom is 0.446 e. The lowest BCUT2D eigenvalue weighted by Crippen LogP contribution is -2.19. The van der Waals surface area contributed by atoms with E-state index in [2.05, 4.69) is 28.1 Å². The average Bonchev–Trinajstić information content (AvgIpc) is 2.78. The lowest BCUT2D eigenvalue weighted by molar-refractivity contribution is 0.261. The summed E-state index contributed by atoms with van der Waals surface area (Å²) < 4.78 is 41.4. The fourth-order valence-electron chi connectivity index (χ4n) is 3.54. The van der Waals surface area contributed by atoms with Crippen molar-refractivity contribution in [3.63, 3.8) is 0 Å². The van der Waals surface area contributed by atoms with Crippen LogP contribution in [-0.4, -0.2) is 45.1 Å². The molecular weight excluding hydrogens is 438 g/mol. The van der Waals surface area contributed by atoms with Crippen molar-refractivity contribution in [1.82, 2.24) is 4.90 Å². The second kappa shape index (κ2) is 11.1. The Kier molecular flexibility index (Phi) is 8.27. The molecule has 0 aliphatic carbocycles. The van der Waals surface area contributed by atoms with Crippen molar-refractivity contribution in [2.24, 2.45) is 0 Å². The summed E-state index contributed by atoms with van der Waals surface area (Å²) in [4.78, 5) is 2.07. The van der Waals surface area contributed by atoms with Crippen LogP contribution in [0.5, 0.6) is 11.5 Å². The second-order valence-electron chi connectivity index (χ2n) is 7.78. The number of nitrogens with zero attached hydrogens (tertiary/aromatic N) is 1. The Hall–Kier alpha value is -3.13. The highest BCUT2D eigenvalue weighted by atomic mass is 32.3. The standard InChI is InChI=1S/C26H29NO5S/c1-4-25(20-8-6-5-7-9-20)26(22-12-16-24(17-13-22)32-33(28,29)30)21-10-14-23(15-11-21)31-19-18-27(2)3/h5-17H,4,18-19H2,1-3H3,(H,28,29,30)/b26-25+. The number of benzene rings is 3. The summed E-state index contributed by atoms with van der Waals surface area (Å²) >= 11 is 0. The molecule has 0 aliphatic heterocycles. The minimum Gasteiger partial charge on any atom is -0.492 e. The predicted octanol–water partition coefficient (Wildman–Crippen LogP) is 5.18. The maximum atomic E-state index is 11.0. The van der Waals surface area contributed by atoms with Crippen LogP contribution in [0.15, 0.2) is 78.9 Å². The van der Waals surface area contributed by atoms with Crippen molar-refractivity contribution < 1.29 is 21.9 Å². The highest BCUT2D eigenvalue weighted by molar-refractivity contribution is 7.81. The van der Waals surface area contributed by atoms with Gasteiger partial charge in [-0.15, -0.1) is 0 Å². The molecule has 6 nitrogen and oxygen atoms in total. The summed E-state index contributed by atoms with van der Waals surface area (Å²) in [6.45, 7) is 3.55. The first-order valence-corrected chi connectivity index (χ1v) is 12.1. The number of hydrogen-bond acceptors (Lipinski definition) is 5. The van der Waals surface area contributed by atoms with Gasteiger partial charge in [-0.3, -0.25) is 4.55 Å². The van der Waals surface area contributed by atoms with Gasteiger partial charge in [0.1, 0.15) is 18.1 Å². The van der Waals surface area contributed by atoms with E-state index in [1.165, 1.54) is 12.1 Å². The lowest BCUT2D eigenvalue weighted by atomic mass is 9.88. The minimum atomic E-state index is -4.57. The van der Waals surface area contributed by atoms with Crippen molar-refractivity contribution in [3.8, 4) is 11.5 Å². The van der Waals surface area contributed by atoms with E-state index in [-0.39, 0.29) is 5.75 Å². The number of hydrogen-bond donors (Lipinski definition) is 1. The van der Waals surface area contributed by atoms with Crippen LogP contribution in [-0.2, 0) is 10.4 Å². The topological polar surface area (TPSA) is 76.1 Å². The normalized spacial score (nSPS) is 12.4. The third kappa shape index (κ3) is 7.18. The highest BCUT2D eigenvalue weighted by Crippen LogP contribution is 2.35. The van der Waals surface area contributed by atoms with Crippen molar-refractivity contribution in [2.75, 3.05) is 27.2 Å². The SMILES string of the molecule is CC/C(=C(/c1ccc(OCCN(C)C)cc1)c1ccc(OS(=O)(=O)O)cc1)c1ccccc1. The second-order valence-corrected chi connectivity index (χ2v) is 8.81. The fraction of sp³-hybridized carbons (Fsp3) is 0.231. The van der Waals surface area contributed by atoms with Gasteiger partial charge >= 0.3 is 10.4 Å². The Morgan fingerprint density at radius 3 is 1.85 bits per heavy atom. The van der Waals surface area contributed by atoms with E-state index in [1.54, 1.807) is 12.1 Å². The summed E-state index contributed by atoms with van der Waals surface area (Å²) in [6.07, 6.45) is 0.795. The predicted molar refractivity (Wildman–Crippen MR) is 132 cm³/mol. The molecule has 0 bridgehead atoms. The third-order valence-electron chi connectivity index (χ3n) is 5.07. The van der Waals surface area contributed by atoms with Crippen LogP contribution in [0.4, 0.5) is 0 Å². The number of ether oxygens (including phenoxy) is 1. The lowest BCUT2D eigenvalue weighted by Gasteiger charge is -2.17. The van der Waals surface area contributed by atoms with Crippen LogP contribution >= 0.6 is 0 Å². The Labute approximate surface area is 196 Å². The van der Waals surface area contributed by atoms with E-state index in [4.69, 9.17) is 9.29 Å². The van der Waals surface area contributed by atoms with Gasteiger partial charge in [-0.25, -0.2) is 0 Å². The Morgan fingerprint density at radius 1 is 0.818 bits per heavy atom. The van der Waals surface area contributed by atoms with Gasteiger partial charge in [-0.2, -0.15) is 8.42 Å². The van der Waals surface area contributed by atoms with E-state index < -0.39 is 10.4 Å². The monoisotopic (exact) mass is 467 g/mol. The Bertz CT molecular complexity index is 1170. The van der Waals surface area contributed by atoms with Crippen LogP contribution in [0.3, 0.4) is 0 Å². The molecule has 0 radical (unpaired) electrons. The van der Waals surface area contributed by atoms with Crippen LogP contribution in [0, 0.1) is 0 Å².